The predicted octanol–water partition coefficient (Wildman–Crippen LogP) is 2.42. The monoisotopic (exact) mass is 194 g/mol. The fourth-order valence-electron chi connectivity index (χ4n) is 3.06. The zero-order chi connectivity index (χ0) is 8.84. The molecular weight excluding hydrogens is 180 g/mol. The number of rotatable bonds is 0. The van der Waals surface area contributed by atoms with Gasteiger partial charge in [-0.1, -0.05) is 18.4 Å². The van der Waals surface area contributed by atoms with E-state index in [0.29, 0.717) is 17.6 Å². The van der Waals surface area contributed by atoms with Crippen LogP contribution in [-0.4, -0.2) is 16.8 Å². The minimum atomic E-state index is 0.387. The topological polar surface area (TPSA) is 17.1 Å². The second-order valence-corrected chi connectivity index (χ2v) is 5.62. The van der Waals surface area contributed by atoms with Crippen LogP contribution >= 0.6 is 11.8 Å². The third-order valence-electron chi connectivity index (χ3n) is 3.67. The van der Waals surface area contributed by atoms with Crippen molar-refractivity contribution in [2.45, 2.75) is 30.9 Å². The summed E-state index contributed by atoms with van der Waals surface area (Å²) in [5.74, 6) is 2.61. The molecule has 3 atom stereocenters. The molecule has 0 aromatic carbocycles. The van der Waals surface area contributed by atoms with Gasteiger partial charge in [0.25, 0.3) is 0 Å². The summed E-state index contributed by atoms with van der Waals surface area (Å²) in [6, 6.07) is 0. The number of hydrogen-bond donors (Lipinski definition) is 0. The molecular formula is C11H14OS. The molecule has 0 amide bonds. The highest BCUT2D eigenvalue weighted by molar-refractivity contribution is 8.00. The van der Waals surface area contributed by atoms with Gasteiger partial charge in [-0.25, -0.2) is 0 Å². The summed E-state index contributed by atoms with van der Waals surface area (Å²) in [4.78, 5) is 11.7. The summed E-state index contributed by atoms with van der Waals surface area (Å²) >= 11 is 2.08. The van der Waals surface area contributed by atoms with E-state index < -0.39 is 0 Å². The second-order valence-electron chi connectivity index (χ2n) is 4.39. The first kappa shape index (κ1) is 8.10. The molecule has 1 aliphatic heterocycles. The molecule has 1 heterocycles. The molecule has 0 aromatic heterocycles. The van der Waals surface area contributed by atoms with Crippen molar-refractivity contribution in [3.63, 3.8) is 0 Å². The molecule has 1 saturated heterocycles. The van der Waals surface area contributed by atoms with E-state index in [-0.39, 0.29) is 0 Å². The lowest BCUT2D eigenvalue weighted by Gasteiger charge is -2.18. The highest BCUT2D eigenvalue weighted by Gasteiger charge is 2.45. The third-order valence-corrected chi connectivity index (χ3v) is 5.13. The molecule has 0 bridgehead atoms. The van der Waals surface area contributed by atoms with Crippen molar-refractivity contribution < 1.29 is 4.79 Å². The molecule has 2 fully saturated rings. The lowest BCUT2D eigenvalue weighted by Crippen LogP contribution is -2.21. The average molecular weight is 194 g/mol. The highest BCUT2D eigenvalue weighted by Crippen LogP contribution is 2.50. The predicted molar refractivity (Wildman–Crippen MR) is 54.8 cm³/mol. The molecule has 3 rings (SSSR count). The van der Waals surface area contributed by atoms with Gasteiger partial charge < -0.3 is 0 Å². The molecule has 70 valence electrons. The molecule has 1 nitrogen and oxygen atoms in total. The van der Waals surface area contributed by atoms with E-state index in [4.69, 9.17) is 0 Å². The van der Waals surface area contributed by atoms with Gasteiger partial charge in [0.15, 0.2) is 5.78 Å². The van der Waals surface area contributed by atoms with Crippen LogP contribution in [0.5, 0.6) is 0 Å². The Morgan fingerprint density at radius 2 is 2.15 bits per heavy atom. The van der Waals surface area contributed by atoms with E-state index >= 15 is 0 Å². The number of hydrogen-bond acceptors (Lipinski definition) is 2. The Balaban J connectivity index is 1.98. The van der Waals surface area contributed by atoms with Crippen molar-refractivity contribution in [3.05, 3.63) is 11.6 Å². The van der Waals surface area contributed by atoms with Crippen LogP contribution in [0.2, 0.25) is 0 Å². The molecule has 3 aliphatic rings. The summed E-state index contributed by atoms with van der Waals surface area (Å²) in [7, 11) is 0. The van der Waals surface area contributed by atoms with E-state index in [1.165, 1.54) is 24.8 Å². The quantitative estimate of drug-likeness (QED) is 0.589. The van der Waals surface area contributed by atoms with Gasteiger partial charge in [0.05, 0.1) is 0 Å². The van der Waals surface area contributed by atoms with Crippen LogP contribution in [0.15, 0.2) is 11.6 Å². The van der Waals surface area contributed by atoms with Crippen LogP contribution < -0.4 is 0 Å². The number of carbonyl (C=O) groups excluding carboxylic acids is 1. The third kappa shape index (κ3) is 1.11. The van der Waals surface area contributed by atoms with Gasteiger partial charge in [-0.05, 0) is 18.9 Å². The Kier molecular flexibility index (Phi) is 1.79. The smallest absolute Gasteiger partial charge is 0.159 e. The Morgan fingerprint density at radius 1 is 1.31 bits per heavy atom. The molecule has 0 N–H and O–H groups in total. The van der Waals surface area contributed by atoms with Crippen molar-refractivity contribution >= 4 is 17.5 Å². The van der Waals surface area contributed by atoms with Gasteiger partial charge >= 0.3 is 0 Å². The lowest BCUT2D eigenvalue weighted by molar-refractivity contribution is -0.118. The Bertz CT molecular complexity index is 282. The van der Waals surface area contributed by atoms with Crippen LogP contribution in [0.4, 0.5) is 0 Å². The summed E-state index contributed by atoms with van der Waals surface area (Å²) in [5, 5.41) is 0.783. The number of carbonyl (C=O) groups is 1. The molecule has 0 aromatic rings. The standard InChI is InChI=1S/C11H14OS/c12-9-5-7-6-13-10-4-2-1-3-8(9)11(7)10/h5,8,10-11H,1-4,6H2/t8-,10+,11+/m1/s1. The molecule has 0 spiro atoms. The van der Waals surface area contributed by atoms with Crippen LogP contribution in [0.3, 0.4) is 0 Å². The zero-order valence-corrected chi connectivity index (χ0v) is 8.48. The molecule has 2 heteroatoms. The minimum absolute atomic E-state index is 0.387. The first-order valence-electron chi connectivity index (χ1n) is 5.22. The highest BCUT2D eigenvalue weighted by atomic mass is 32.2. The van der Waals surface area contributed by atoms with Crippen molar-refractivity contribution in [1.82, 2.24) is 0 Å². The summed E-state index contributed by atoms with van der Waals surface area (Å²) in [6.45, 7) is 0. The Labute approximate surface area is 83.0 Å². The summed E-state index contributed by atoms with van der Waals surface area (Å²) in [5.41, 5.74) is 1.46. The molecule has 0 unspecified atom stereocenters. The van der Waals surface area contributed by atoms with Crippen molar-refractivity contribution in [2.75, 3.05) is 5.75 Å². The largest absolute Gasteiger partial charge is 0.295 e. The van der Waals surface area contributed by atoms with E-state index in [0.717, 1.165) is 17.4 Å². The molecule has 1 saturated carbocycles. The van der Waals surface area contributed by atoms with Crippen molar-refractivity contribution in [3.8, 4) is 0 Å². The van der Waals surface area contributed by atoms with E-state index in [9.17, 15) is 4.79 Å². The SMILES string of the molecule is O=C1C=C2CS[C@H]3CCCC[C@H]1[C@H]23. The van der Waals surface area contributed by atoms with Crippen molar-refractivity contribution in [1.29, 1.82) is 0 Å². The number of allylic oxidation sites excluding steroid dienone is 1. The second kappa shape index (κ2) is 2.88. The maximum Gasteiger partial charge on any atom is 0.159 e. The van der Waals surface area contributed by atoms with E-state index in [1.54, 1.807) is 0 Å². The number of ketones is 1. The fraction of sp³-hybridized carbons (Fsp3) is 0.727. The van der Waals surface area contributed by atoms with Gasteiger partial charge in [0.1, 0.15) is 0 Å². The minimum Gasteiger partial charge on any atom is -0.295 e. The maximum atomic E-state index is 11.7. The van der Waals surface area contributed by atoms with Gasteiger partial charge in [0, 0.05) is 22.8 Å². The van der Waals surface area contributed by atoms with Gasteiger partial charge in [0.2, 0.25) is 0 Å². The molecule has 13 heavy (non-hydrogen) atoms. The van der Waals surface area contributed by atoms with Crippen LogP contribution in [-0.2, 0) is 4.79 Å². The lowest BCUT2D eigenvalue weighted by atomic mass is 9.87. The Hall–Kier alpha value is -0.240. The molecule has 0 radical (unpaired) electrons. The van der Waals surface area contributed by atoms with Crippen LogP contribution in [0.25, 0.3) is 0 Å². The van der Waals surface area contributed by atoms with Crippen LogP contribution in [0, 0.1) is 11.8 Å². The number of thioether (sulfide) groups is 1. The van der Waals surface area contributed by atoms with Gasteiger partial charge in [-0.3, -0.25) is 4.79 Å². The summed E-state index contributed by atoms with van der Waals surface area (Å²) < 4.78 is 0. The van der Waals surface area contributed by atoms with Crippen LogP contribution in [0.1, 0.15) is 25.7 Å². The normalized spacial score (nSPS) is 42.9. The van der Waals surface area contributed by atoms with E-state index in [2.05, 4.69) is 11.8 Å². The Morgan fingerprint density at radius 3 is 3.08 bits per heavy atom. The fourth-order valence-corrected chi connectivity index (χ4v) is 4.65. The zero-order valence-electron chi connectivity index (χ0n) is 7.66. The molecule has 2 aliphatic carbocycles. The first-order chi connectivity index (χ1) is 6.36. The first-order valence-corrected chi connectivity index (χ1v) is 6.27. The van der Waals surface area contributed by atoms with E-state index in [1.807, 2.05) is 6.08 Å². The summed E-state index contributed by atoms with van der Waals surface area (Å²) in [6.07, 6.45) is 7.06. The van der Waals surface area contributed by atoms with Crippen molar-refractivity contribution in [2.24, 2.45) is 11.8 Å². The van der Waals surface area contributed by atoms with Gasteiger partial charge in [-0.2, -0.15) is 11.8 Å². The maximum absolute atomic E-state index is 11.7. The van der Waals surface area contributed by atoms with Gasteiger partial charge in [-0.15, -0.1) is 0 Å². The average Bonchev–Trinajstić information content (AvgIpc) is 2.55.